The van der Waals surface area contributed by atoms with Gasteiger partial charge in [0.05, 0.1) is 11.9 Å². The third kappa shape index (κ3) is 3.35. The van der Waals surface area contributed by atoms with Crippen molar-refractivity contribution in [3.05, 3.63) is 42.0 Å². The number of amidine groups is 1. The van der Waals surface area contributed by atoms with E-state index in [1.165, 1.54) is 12.3 Å². The van der Waals surface area contributed by atoms with E-state index in [0.717, 1.165) is 0 Å². The standard InChI is InChI=1S/C13H16N6O2/c1-8(2)19-7-10(6-16-19)17-13(20)11-4-3-9(5-15-11)12(14)18-21/h3-8,21H,1-2H3,(H2,14,18)(H,17,20). The molecule has 110 valence electrons. The average molecular weight is 288 g/mol. The third-order valence-electron chi connectivity index (χ3n) is 2.79. The first kappa shape index (κ1) is 14.5. The Morgan fingerprint density at radius 1 is 1.43 bits per heavy atom. The van der Waals surface area contributed by atoms with E-state index < -0.39 is 0 Å². The molecule has 1 amide bonds. The number of rotatable bonds is 4. The lowest BCUT2D eigenvalue weighted by atomic mass is 10.2. The molecular formula is C13H16N6O2. The first-order chi connectivity index (χ1) is 10.0. The van der Waals surface area contributed by atoms with E-state index in [4.69, 9.17) is 10.9 Å². The maximum Gasteiger partial charge on any atom is 0.274 e. The van der Waals surface area contributed by atoms with Crippen LogP contribution in [-0.4, -0.2) is 31.7 Å². The Balaban J connectivity index is 2.09. The number of oxime groups is 1. The molecule has 2 heterocycles. The van der Waals surface area contributed by atoms with Crippen LogP contribution >= 0.6 is 0 Å². The first-order valence-electron chi connectivity index (χ1n) is 6.30. The van der Waals surface area contributed by atoms with Crippen molar-refractivity contribution in [1.29, 1.82) is 0 Å². The van der Waals surface area contributed by atoms with Gasteiger partial charge in [0, 0.05) is 24.0 Å². The predicted octanol–water partition coefficient (Wildman–Crippen LogP) is 1.21. The summed E-state index contributed by atoms with van der Waals surface area (Å²) >= 11 is 0. The van der Waals surface area contributed by atoms with Gasteiger partial charge in [-0.2, -0.15) is 5.10 Å². The molecule has 0 saturated carbocycles. The Labute approximate surface area is 121 Å². The summed E-state index contributed by atoms with van der Waals surface area (Å²) < 4.78 is 1.74. The molecule has 21 heavy (non-hydrogen) atoms. The molecule has 0 aromatic carbocycles. The van der Waals surface area contributed by atoms with Gasteiger partial charge in [0.1, 0.15) is 5.69 Å². The fourth-order valence-electron chi connectivity index (χ4n) is 1.62. The van der Waals surface area contributed by atoms with E-state index in [1.54, 1.807) is 23.1 Å². The molecule has 0 spiro atoms. The lowest BCUT2D eigenvalue weighted by molar-refractivity contribution is 0.102. The molecule has 0 fully saturated rings. The fraction of sp³-hybridized carbons (Fsp3) is 0.231. The van der Waals surface area contributed by atoms with Crippen molar-refractivity contribution in [3.63, 3.8) is 0 Å². The van der Waals surface area contributed by atoms with Crippen molar-refractivity contribution in [3.8, 4) is 0 Å². The zero-order valence-electron chi connectivity index (χ0n) is 11.7. The topological polar surface area (TPSA) is 118 Å². The lowest BCUT2D eigenvalue weighted by Gasteiger charge is -2.04. The van der Waals surface area contributed by atoms with E-state index >= 15 is 0 Å². The highest BCUT2D eigenvalue weighted by molar-refractivity contribution is 6.03. The van der Waals surface area contributed by atoms with Crippen molar-refractivity contribution in [2.45, 2.75) is 19.9 Å². The second-order valence-corrected chi connectivity index (χ2v) is 4.67. The van der Waals surface area contributed by atoms with Gasteiger partial charge in [-0.25, -0.2) is 0 Å². The molecule has 0 atom stereocenters. The van der Waals surface area contributed by atoms with Crippen molar-refractivity contribution >= 4 is 17.4 Å². The summed E-state index contributed by atoms with van der Waals surface area (Å²) in [5.74, 6) is -0.419. The van der Waals surface area contributed by atoms with Crippen LogP contribution in [0.1, 0.15) is 35.9 Å². The Morgan fingerprint density at radius 3 is 2.71 bits per heavy atom. The number of amides is 1. The second kappa shape index (κ2) is 6.04. The number of pyridine rings is 1. The number of carbonyl (C=O) groups excluding carboxylic acids is 1. The van der Waals surface area contributed by atoms with Crippen molar-refractivity contribution < 1.29 is 10.0 Å². The van der Waals surface area contributed by atoms with E-state index in [2.05, 4.69) is 20.6 Å². The van der Waals surface area contributed by atoms with Crippen LogP contribution in [0.3, 0.4) is 0 Å². The van der Waals surface area contributed by atoms with Crippen LogP contribution in [0.2, 0.25) is 0 Å². The fourth-order valence-corrected chi connectivity index (χ4v) is 1.62. The van der Waals surface area contributed by atoms with Crippen molar-refractivity contribution in [2.75, 3.05) is 5.32 Å². The molecule has 4 N–H and O–H groups in total. The van der Waals surface area contributed by atoms with Gasteiger partial charge in [-0.1, -0.05) is 5.16 Å². The number of anilines is 1. The highest BCUT2D eigenvalue weighted by Gasteiger charge is 2.10. The molecule has 0 aliphatic rings. The van der Waals surface area contributed by atoms with Gasteiger partial charge in [-0.15, -0.1) is 0 Å². The van der Waals surface area contributed by atoms with Gasteiger partial charge >= 0.3 is 0 Å². The third-order valence-corrected chi connectivity index (χ3v) is 2.79. The number of nitrogens with one attached hydrogen (secondary N) is 1. The van der Waals surface area contributed by atoms with Crippen LogP contribution < -0.4 is 11.1 Å². The van der Waals surface area contributed by atoms with Crippen LogP contribution in [-0.2, 0) is 0 Å². The normalized spacial score (nSPS) is 11.7. The quantitative estimate of drug-likeness (QED) is 0.338. The van der Waals surface area contributed by atoms with Gasteiger partial charge in [-0.3, -0.25) is 14.5 Å². The Kier molecular flexibility index (Phi) is 4.17. The maximum atomic E-state index is 12.0. The second-order valence-electron chi connectivity index (χ2n) is 4.67. The van der Waals surface area contributed by atoms with Crippen LogP contribution in [0.4, 0.5) is 5.69 Å². The molecule has 8 nitrogen and oxygen atoms in total. The molecule has 0 aliphatic carbocycles. The Bertz CT molecular complexity index is 660. The summed E-state index contributed by atoms with van der Waals surface area (Å²) in [6.45, 7) is 3.98. The van der Waals surface area contributed by atoms with Crippen molar-refractivity contribution in [1.82, 2.24) is 14.8 Å². The van der Waals surface area contributed by atoms with E-state index in [9.17, 15) is 4.79 Å². The van der Waals surface area contributed by atoms with E-state index in [0.29, 0.717) is 11.3 Å². The molecule has 2 aromatic heterocycles. The van der Waals surface area contributed by atoms with Crippen LogP contribution in [0, 0.1) is 0 Å². The minimum Gasteiger partial charge on any atom is -0.409 e. The number of nitrogens with zero attached hydrogens (tertiary/aromatic N) is 4. The summed E-state index contributed by atoms with van der Waals surface area (Å²) in [6, 6.07) is 3.26. The molecule has 0 unspecified atom stereocenters. The molecule has 2 rings (SSSR count). The molecule has 8 heteroatoms. The van der Waals surface area contributed by atoms with Crippen molar-refractivity contribution in [2.24, 2.45) is 10.9 Å². The predicted molar refractivity (Wildman–Crippen MR) is 77.3 cm³/mol. The summed E-state index contributed by atoms with van der Waals surface area (Å²) in [4.78, 5) is 16.0. The van der Waals surface area contributed by atoms with Gasteiger partial charge in [-0.05, 0) is 26.0 Å². The SMILES string of the molecule is CC(C)n1cc(NC(=O)c2ccc(C(N)=NO)cn2)cn1. The largest absolute Gasteiger partial charge is 0.409 e. The zero-order chi connectivity index (χ0) is 15.4. The monoisotopic (exact) mass is 288 g/mol. The minimum absolute atomic E-state index is 0.0623. The summed E-state index contributed by atoms with van der Waals surface area (Å²) in [5.41, 5.74) is 6.67. The number of nitrogens with two attached hydrogens (primary N) is 1. The highest BCUT2D eigenvalue weighted by atomic mass is 16.4. The van der Waals surface area contributed by atoms with E-state index in [-0.39, 0.29) is 23.5 Å². The molecule has 0 saturated heterocycles. The van der Waals surface area contributed by atoms with Crippen LogP contribution in [0.25, 0.3) is 0 Å². The molecule has 0 aliphatic heterocycles. The summed E-state index contributed by atoms with van der Waals surface area (Å²) in [6.07, 6.45) is 4.68. The Morgan fingerprint density at radius 2 is 2.19 bits per heavy atom. The average Bonchev–Trinajstić information content (AvgIpc) is 2.95. The summed E-state index contributed by atoms with van der Waals surface area (Å²) in [5, 5.41) is 18.3. The lowest BCUT2D eigenvalue weighted by Crippen LogP contribution is -2.16. The minimum atomic E-state index is -0.357. The molecule has 2 aromatic rings. The number of aromatic nitrogens is 3. The van der Waals surface area contributed by atoms with Crippen LogP contribution in [0.5, 0.6) is 0 Å². The number of hydrogen-bond donors (Lipinski definition) is 3. The Hall–Kier alpha value is -2.90. The maximum absolute atomic E-state index is 12.0. The zero-order valence-corrected chi connectivity index (χ0v) is 11.7. The molecule has 0 bridgehead atoms. The van der Waals surface area contributed by atoms with Gasteiger partial charge < -0.3 is 16.3 Å². The number of carbonyl (C=O) groups is 1. The van der Waals surface area contributed by atoms with Gasteiger partial charge in [0.25, 0.3) is 5.91 Å². The first-order valence-corrected chi connectivity index (χ1v) is 6.30. The molecule has 0 radical (unpaired) electrons. The van der Waals surface area contributed by atoms with Gasteiger partial charge in [0.15, 0.2) is 5.84 Å². The highest BCUT2D eigenvalue weighted by Crippen LogP contribution is 2.11. The smallest absolute Gasteiger partial charge is 0.274 e. The van der Waals surface area contributed by atoms with E-state index in [1.807, 2.05) is 13.8 Å². The summed E-state index contributed by atoms with van der Waals surface area (Å²) in [7, 11) is 0. The number of hydrogen-bond acceptors (Lipinski definition) is 5. The molecular weight excluding hydrogens is 272 g/mol. The van der Waals surface area contributed by atoms with Crippen LogP contribution in [0.15, 0.2) is 35.9 Å². The van der Waals surface area contributed by atoms with Gasteiger partial charge in [0.2, 0.25) is 0 Å².